The zero-order chi connectivity index (χ0) is 16.3. The van der Waals surface area contributed by atoms with Gasteiger partial charge in [-0.3, -0.25) is 0 Å². The molecule has 2 N–H and O–H groups in total. The van der Waals surface area contributed by atoms with Crippen molar-refractivity contribution in [3.05, 3.63) is 28.8 Å². The van der Waals surface area contributed by atoms with E-state index in [9.17, 15) is 13.5 Å². The molecule has 124 valence electrons. The molecule has 2 rings (SSSR count). The predicted molar refractivity (Wildman–Crippen MR) is 82.5 cm³/mol. The molecule has 1 aromatic carbocycles. The van der Waals surface area contributed by atoms with E-state index >= 15 is 0 Å². The minimum absolute atomic E-state index is 0.0648. The van der Waals surface area contributed by atoms with Gasteiger partial charge < -0.3 is 14.6 Å². The fraction of sp³-hybridized carbons (Fsp3) is 0.571. The SMILES string of the molecule is CO[C@@H]1COC[C@@H](CNS(=O)(=O)c2cccc(Cl)c2C)[C@@H]1O. The number of halogens is 1. The quantitative estimate of drug-likeness (QED) is 0.826. The second-order valence-electron chi connectivity index (χ2n) is 5.28. The van der Waals surface area contributed by atoms with Crippen LogP contribution in [0.25, 0.3) is 0 Å². The van der Waals surface area contributed by atoms with Gasteiger partial charge in [-0.05, 0) is 24.6 Å². The molecule has 6 nitrogen and oxygen atoms in total. The maximum absolute atomic E-state index is 12.4. The van der Waals surface area contributed by atoms with Crippen LogP contribution in [-0.2, 0) is 19.5 Å². The smallest absolute Gasteiger partial charge is 0.240 e. The molecule has 1 fully saturated rings. The van der Waals surface area contributed by atoms with E-state index in [1.165, 1.54) is 13.2 Å². The van der Waals surface area contributed by atoms with Gasteiger partial charge in [0, 0.05) is 24.6 Å². The summed E-state index contributed by atoms with van der Waals surface area (Å²) in [5.41, 5.74) is 0.492. The molecule has 1 aliphatic rings. The summed E-state index contributed by atoms with van der Waals surface area (Å²) in [7, 11) is -2.22. The van der Waals surface area contributed by atoms with Gasteiger partial charge in [0.15, 0.2) is 0 Å². The lowest BCUT2D eigenvalue weighted by Crippen LogP contribution is -2.49. The van der Waals surface area contributed by atoms with E-state index in [0.29, 0.717) is 17.2 Å². The van der Waals surface area contributed by atoms with Gasteiger partial charge in [0.1, 0.15) is 6.10 Å². The molecular weight excluding hydrogens is 330 g/mol. The fourth-order valence-corrected chi connectivity index (χ4v) is 3.99. The number of sulfonamides is 1. The molecule has 0 bridgehead atoms. The number of methoxy groups -OCH3 is 1. The molecule has 1 aromatic rings. The summed E-state index contributed by atoms with van der Waals surface area (Å²) < 4.78 is 37.7. The van der Waals surface area contributed by atoms with Gasteiger partial charge in [-0.15, -0.1) is 0 Å². The van der Waals surface area contributed by atoms with E-state index in [0.717, 1.165) is 0 Å². The monoisotopic (exact) mass is 349 g/mol. The van der Waals surface area contributed by atoms with Gasteiger partial charge in [-0.2, -0.15) is 0 Å². The third kappa shape index (κ3) is 3.79. The lowest BCUT2D eigenvalue weighted by Gasteiger charge is -2.33. The van der Waals surface area contributed by atoms with E-state index in [-0.39, 0.29) is 24.0 Å². The Labute approximate surface area is 135 Å². The lowest BCUT2D eigenvalue weighted by atomic mass is 9.97. The van der Waals surface area contributed by atoms with Crippen LogP contribution >= 0.6 is 11.6 Å². The first-order chi connectivity index (χ1) is 10.4. The highest BCUT2D eigenvalue weighted by Crippen LogP contribution is 2.23. The van der Waals surface area contributed by atoms with Gasteiger partial charge in [0.05, 0.1) is 24.2 Å². The summed E-state index contributed by atoms with van der Waals surface area (Å²) in [6, 6.07) is 4.72. The van der Waals surface area contributed by atoms with E-state index in [1.807, 2.05) is 0 Å². The van der Waals surface area contributed by atoms with Crippen LogP contribution in [0.3, 0.4) is 0 Å². The van der Waals surface area contributed by atoms with Crippen molar-refractivity contribution in [2.75, 3.05) is 26.9 Å². The van der Waals surface area contributed by atoms with E-state index in [2.05, 4.69) is 4.72 Å². The maximum Gasteiger partial charge on any atom is 0.240 e. The summed E-state index contributed by atoms with van der Waals surface area (Å²) in [5.74, 6) is -0.368. The number of rotatable bonds is 5. The summed E-state index contributed by atoms with van der Waals surface area (Å²) in [6.07, 6.45) is -1.22. The molecule has 0 unspecified atom stereocenters. The van der Waals surface area contributed by atoms with E-state index in [4.69, 9.17) is 21.1 Å². The van der Waals surface area contributed by atoms with Crippen LogP contribution in [0, 0.1) is 12.8 Å². The molecule has 0 aliphatic carbocycles. The molecule has 22 heavy (non-hydrogen) atoms. The van der Waals surface area contributed by atoms with Crippen molar-refractivity contribution in [2.24, 2.45) is 5.92 Å². The zero-order valence-corrected chi connectivity index (χ0v) is 14.0. The molecule has 0 saturated carbocycles. The Bertz CT molecular complexity index is 622. The number of hydrogen-bond donors (Lipinski definition) is 2. The number of hydrogen-bond acceptors (Lipinski definition) is 5. The Morgan fingerprint density at radius 1 is 1.45 bits per heavy atom. The van der Waals surface area contributed by atoms with Gasteiger partial charge in [0.25, 0.3) is 0 Å². The first-order valence-corrected chi connectivity index (χ1v) is 8.76. The molecule has 1 aliphatic heterocycles. The maximum atomic E-state index is 12.4. The van der Waals surface area contributed by atoms with Crippen LogP contribution in [0.1, 0.15) is 5.56 Å². The van der Waals surface area contributed by atoms with Crippen LogP contribution in [0.2, 0.25) is 5.02 Å². The first-order valence-electron chi connectivity index (χ1n) is 6.90. The largest absolute Gasteiger partial charge is 0.390 e. The molecule has 8 heteroatoms. The minimum Gasteiger partial charge on any atom is -0.390 e. The van der Waals surface area contributed by atoms with Crippen molar-refractivity contribution in [1.29, 1.82) is 0 Å². The third-order valence-electron chi connectivity index (χ3n) is 3.82. The lowest BCUT2D eigenvalue weighted by molar-refractivity contribution is -0.132. The molecule has 3 atom stereocenters. The van der Waals surface area contributed by atoms with Crippen molar-refractivity contribution < 1.29 is 23.0 Å². The van der Waals surface area contributed by atoms with Crippen molar-refractivity contribution in [3.8, 4) is 0 Å². The van der Waals surface area contributed by atoms with Crippen molar-refractivity contribution in [2.45, 2.75) is 24.0 Å². The van der Waals surface area contributed by atoms with Crippen LogP contribution in [0.15, 0.2) is 23.1 Å². The fourth-order valence-electron chi connectivity index (χ4n) is 2.40. The topological polar surface area (TPSA) is 84.9 Å². The van der Waals surface area contributed by atoms with Gasteiger partial charge in [0.2, 0.25) is 10.0 Å². The van der Waals surface area contributed by atoms with Crippen LogP contribution in [0.4, 0.5) is 0 Å². The molecule has 0 spiro atoms. The summed E-state index contributed by atoms with van der Waals surface area (Å²) in [5, 5.41) is 10.5. The van der Waals surface area contributed by atoms with Crippen molar-refractivity contribution in [3.63, 3.8) is 0 Å². The Morgan fingerprint density at radius 3 is 2.86 bits per heavy atom. The van der Waals surface area contributed by atoms with Gasteiger partial charge >= 0.3 is 0 Å². The molecular formula is C14H20ClNO5S. The predicted octanol–water partition coefficient (Wildman–Crippen LogP) is 0.949. The highest BCUT2D eigenvalue weighted by atomic mass is 35.5. The molecule has 0 radical (unpaired) electrons. The van der Waals surface area contributed by atoms with Gasteiger partial charge in [-0.25, -0.2) is 13.1 Å². The minimum atomic E-state index is -3.70. The number of aliphatic hydroxyl groups is 1. The Morgan fingerprint density at radius 2 is 2.18 bits per heavy atom. The average molecular weight is 350 g/mol. The molecule has 1 heterocycles. The highest BCUT2D eigenvalue weighted by Gasteiger charge is 2.33. The van der Waals surface area contributed by atoms with Crippen molar-refractivity contribution in [1.82, 2.24) is 4.72 Å². The van der Waals surface area contributed by atoms with Gasteiger partial charge in [-0.1, -0.05) is 17.7 Å². The number of nitrogens with one attached hydrogen (secondary N) is 1. The Kier molecular flexibility index (Phi) is 5.81. The van der Waals surface area contributed by atoms with E-state index in [1.54, 1.807) is 19.1 Å². The zero-order valence-electron chi connectivity index (χ0n) is 12.5. The summed E-state index contributed by atoms with van der Waals surface area (Å²) in [4.78, 5) is 0.134. The summed E-state index contributed by atoms with van der Waals surface area (Å²) in [6.45, 7) is 2.29. The average Bonchev–Trinajstić information content (AvgIpc) is 2.49. The molecule has 0 aromatic heterocycles. The molecule has 0 amide bonds. The number of benzene rings is 1. The van der Waals surface area contributed by atoms with Crippen LogP contribution in [0.5, 0.6) is 0 Å². The second kappa shape index (κ2) is 7.25. The summed E-state index contributed by atoms with van der Waals surface area (Å²) >= 11 is 5.96. The number of aliphatic hydroxyl groups excluding tert-OH is 1. The highest BCUT2D eigenvalue weighted by molar-refractivity contribution is 7.89. The van der Waals surface area contributed by atoms with E-state index < -0.39 is 22.2 Å². The van der Waals surface area contributed by atoms with Crippen LogP contribution < -0.4 is 4.72 Å². The Balaban J connectivity index is 2.08. The normalized spacial score (nSPS) is 26.1. The second-order valence-corrected chi connectivity index (χ2v) is 7.42. The van der Waals surface area contributed by atoms with Crippen LogP contribution in [-0.4, -0.2) is 52.6 Å². The third-order valence-corrected chi connectivity index (χ3v) is 5.80. The molecule has 1 saturated heterocycles. The van der Waals surface area contributed by atoms with Crippen molar-refractivity contribution >= 4 is 21.6 Å². The standard InChI is InChI=1S/C14H20ClNO5S/c1-9-11(15)4-3-5-13(9)22(18,19)16-6-10-7-21-8-12(20-2)14(10)17/h3-5,10,12,14,16-17H,6-8H2,1-2H3/t10-,12-,14+/m1/s1. The number of ether oxygens (including phenoxy) is 2. The first kappa shape index (κ1) is 17.7. The Hall–Kier alpha value is -0.700.